The van der Waals surface area contributed by atoms with Crippen molar-refractivity contribution in [3.05, 3.63) is 0 Å². The molecule has 0 aliphatic carbocycles. The van der Waals surface area contributed by atoms with Gasteiger partial charge in [0.25, 0.3) is 0 Å². The van der Waals surface area contributed by atoms with E-state index in [1.165, 1.54) is 51.4 Å². The van der Waals surface area contributed by atoms with Crippen LogP contribution in [0.4, 0.5) is 0 Å². The summed E-state index contributed by atoms with van der Waals surface area (Å²) >= 11 is 0. The lowest BCUT2D eigenvalue weighted by Gasteiger charge is -2.08. The zero-order chi connectivity index (χ0) is 10.6. The summed E-state index contributed by atoms with van der Waals surface area (Å²) in [7, 11) is 0.0494. The van der Waals surface area contributed by atoms with Gasteiger partial charge < -0.3 is 0 Å². The molecule has 0 aromatic rings. The zero-order valence-corrected chi connectivity index (χ0v) is 11.6. The van der Waals surface area contributed by atoms with Gasteiger partial charge >= 0.3 is 0 Å². The van der Waals surface area contributed by atoms with Crippen LogP contribution in [-0.4, -0.2) is 8.80 Å². The van der Waals surface area contributed by atoms with Crippen LogP contribution in [0.3, 0.4) is 0 Å². The fourth-order valence-electron chi connectivity index (χ4n) is 1.83. The van der Waals surface area contributed by atoms with Crippen molar-refractivity contribution in [2.45, 2.75) is 83.8 Å². The first-order chi connectivity index (χ1) is 6.81. The Balaban J connectivity index is 3.07. The Morgan fingerprint density at radius 3 is 1.43 bits per heavy atom. The molecule has 1 heteroatoms. The Morgan fingerprint density at radius 1 is 0.643 bits per heavy atom. The third kappa shape index (κ3) is 10.3. The summed E-state index contributed by atoms with van der Waals surface area (Å²) in [5.74, 6) is 0. The van der Waals surface area contributed by atoms with E-state index in [4.69, 9.17) is 0 Å². The molecule has 0 spiro atoms. The lowest BCUT2D eigenvalue weighted by atomic mass is 10.2. The minimum Gasteiger partial charge on any atom is -0.0711 e. The normalized spacial score (nSPS) is 11.1. The molecule has 0 atom stereocenters. The Kier molecular flexibility index (Phi) is 11.5. The maximum atomic E-state index is 2.53. The molecule has 0 aromatic heterocycles. The first-order valence-electron chi connectivity index (χ1n) is 6.62. The predicted octanol–water partition coefficient (Wildman–Crippen LogP) is 5.27. The van der Waals surface area contributed by atoms with Crippen molar-refractivity contribution in [3.63, 3.8) is 0 Å². The maximum absolute atomic E-state index is 2.53. The van der Waals surface area contributed by atoms with Crippen LogP contribution in [0.25, 0.3) is 0 Å². The summed E-state index contributed by atoms with van der Waals surface area (Å²) in [6.07, 6.45) is 11.6. The topological polar surface area (TPSA) is 0 Å². The lowest BCUT2D eigenvalue weighted by Crippen LogP contribution is -2.05. The van der Waals surface area contributed by atoms with Crippen molar-refractivity contribution in [3.8, 4) is 0 Å². The van der Waals surface area contributed by atoms with Crippen LogP contribution in [0.15, 0.2) is 0 Å². The number of rotatable bonds is 10. The molecule has 0 unspecified atom stereocenters. The van der Waals surface area contributed by atoms with Gasteiger partial charge in [-0.15, -0.1) is 0 Å². The quantitative estimate of drug-likeness (QED) is 0.342. The van der Waals surface area contributed by atoms with E-state index in [-0.39, 0.29) is 8.80 Å². The molecule has 85 valence electrons. The van der Waals surface area contributed by atoms with E-state index >= 15 is 0 Å². The van der Waals surface area contributed by atoms with E-state index in [0.29, 0.717) is 0 Å². The van der Waals surface area contributed by atoms with Crippen molar-refractivity contribution >= 4 is 8.80 Å². The molecule has 0 aliphatic rings. The van der Waals surface area contributed by atoms with Crippen molar-refractivity contribution in [2.24, 2.45) is 0 Å². The summed E-state index contributed by atoms with van der Waals surface area (Å²) < 4.78 is 0. The second-order valence-electron chi connectivity index (χ2n) is 4.58. The molecule has 0 heterocycles. The highest BCUT2D eigenvalue weighted by Crippen LogP contribution is 2.12. The van der Waals surface area contributed by atoms with Gasteiger partial charge in [-0.1, -0.05) is 83.8 Å². The van der Waals surface area contributed by atoms with Crippen LogP contribution < -0.4 is 0 Å². The van der Waals surface area contributed by atoms with Gasteiger partial charge in [-0.3, -0.25) is 0 Å². The van der Waals surface area contributed by atoms with Gasteiger partial charge in [-0.25, -0.2) is 0 Å². The van der Waals surface area contributed by atoms with Crippen LogP contribution in [0.2, 0.25) is 18.6 Å². The molecule has 0 saturated heterocycles. The Labute approximate surface area is 93.1 Å². The SMILES string of the molecule is CCCCCC[Si](C)CCCCCC. The second-order valence-corrected chi connectivity index (χ2v) is 7.49. The smallest absolute Gasteiger partial charge is 0.0446 e. The molecule has 0 aromatic carbocycles. The molecule has 0 bridgehead atoms. The molecule has 0 fully saturated rings. The molecule has 0 amide bonds. The van der Waals surface area contributed by atoms with Gasteiger partial charge in [0.15, 0.2) is 0 Å². The Hall–Kier alpha value is 0.217. The summed E-state index contributed by atoms with van der Waals surface area (Å²) in [6, 6.07) is 3.13. The number of hydrogen-bond donors (Lipinski definition) is 0. The standard InChI is InChI=1S/C13H29Si/c1-4-6-8-10-12-14(3)13-11-9-7-5-2/h4-13H2,1-3H3. The first-order valence-corrected chi connectivity index (χ1v) is 9.04. The molecule has 0 rings (SSSR count). The van der Waals surface area contributed by atoms with E-state index in [1.807, 2.05) is 0 Å². The fraction of sp³-hybridized carbons (Fsp3) is 1.00. The van der Waals surface area contributed by atoms with E-state index < -0.39 is 0 Å². The molecule has 14 heavy (non-hydrogen) atoms. The number of hydrogen-bond acceptors (Lipinski definition) is 0. The molecule has 0 saturated carbocycles. The minimum atomic E-state index is 0.0494. The van der Waals surface area contributed by atoms with E-state index in [2.05, 4.69) is 20.4 Å². The summed E-state index contributed by atoms with van der Waals surface area (Å²) in [4.78, 5) is 0. The van der Waals surface area contributed by atoms with Gasteiger partial charge in [-0.2, -0.15) is 0 Å². The third-order valence-corrected chi connectivity index (χ3v) is 5.33. The summed E-state index contributed by atoms with van der Waals surface area (Å²) in [5.41, 5.74) is 0. The van der Waals surface area contributed by atoms with Crippen molar-refractivity contribution in [2.75, 3.05) is 0 Å². The largest absolute Gasteiger partial charge is 0.0711 e. The van der Waals surface area contributed by atoms with Crippen molar-refractivity contribution < 1.29 is 0 Å². The first kappa shape index (κ1) is 14.2. The minimum absolute atomic E-state index is 0.0494. The molecule has 0 nitrogen and oxygen atoms in total. The molecular formula is C13H29Si. The van der Waals surface area contributed by atoms with Gasteiger partial charge in [-0.05, 0) is 0 Å². The molecular weight excluding hydrogens is 184 g/mol. The second kappa shape index (κ2) is 11.3. The van der Waals surface area contributed by atoms with E-state index in [1.54, 1.807) is 12.1 Å². The van der Waals surface area contributed by atoms with Crippen LogP contribution in [0.5, 0.6) is 0 Å². The number of unbranched alkanes of at least 4 members (excludes halogenated alkanes) is 6. The van der Waals surface area contributed by atoms with Crippen LogP contribution in [-0.2, 0) is 0 Å². The fourth-order valence-corrected chi connectivity index (χ4v) is 3.79. The molecule has 1 radical (unpaired) electrons. The monoisotopic (exact) mass is 213 g/mol. The van der Waals surface area contributed by atoms with Gasteiger partial charge in [0.05, 0.1) is 0 Å². The van der Waals surface area contributed by atoms with E-state index in [0.717, 1.165) is 0 Å². The van der Waals surface area contributed by atoms with Crippen LogP contribution in [0, 0.1) is 0 Å². The maximum Gasteiger partial charge on any atom is 0.0446 e. The molecule has 0 aliphatic heterocycles. The third-order valence-electron chi connectivity index (χ3n) is 2.91. The van der Waals surface area contributed by atoms with Crippen molar-refractivity contribution in [1.82, 2.24) is 0 Å². The van der Waals surface area contributed by atoms with Crippen molar-refractivity contribution in [1.29, 1.82) is 0 Å². The van der Waals surface area contributed by atoms with E-state index in [9.17, 15) is 0 Å². The zero-order valence-electron chi connectivity index (χ0n) is 10.6. The average Bonchev–Trinajstić information content (AvgIpc) is 2.19. The summed E-state index contributed by atoms with van der Waals surface area (Å²) in [5, 5.41) is 0. The highest BCUT2D eigenvalue weighted by molar-refractivity contribution is 6.57. The summed E-state index contributed by atoms with van der Waals surface area (Å²) in [6.45, 7) is 7.12. The van der Waals surface area contributed by atoms with Gasteiger partial charge in [0.1, 0.15) is 0 Å². The predicted molar refractivity (Wildman–Crippen MR) is 69.5 cm³/mol. The van der Waals surface area contributed by atoms with Crippen LogP contribution >= 0.6 is 0 Å². The highest BCUT2D eigenvalue weighted by atomic mass is 28.3. The molecule has 0 N–H and O–H groups in total. The average molecular weight is 213 g/mol. The lowest BCUT2D eigenvalue weighted by molar-refractivity contribution is 0.686. The Morgan fingerprint density at radius 2 is 1.07 bits per heavy atom. The van der Waals surface area contributed by atoms with Crippen LogP contribution in [0.1, 0.15) is 65.2 Å². The Bertz CT molecular complexity index is 89.4. The van der Waals surface area contributed by atoms with Gasteiger partial charge in [0.2, 0.25) is 0 Å². The highest BCUT2D eigenvalue weighted by Gasteiger charge is 2.03. The van der Waals surface area contributed by atoms with Gasteiger partial charge in [0, 0.05) is 8.80 Å².